The molecule has 0 bridgehead atoms. The first-order valence-corrected chi connectivity index (χ1v) is 6.62. The van der Waals surface area contributed by atoms with Crippen molar-refractivity contribution in [3.63, 3.8) is 0 Å². The number of rotatable bonds is 4. The van der Waals surface area contributed by atoms with Crippen LogP contribution in [0, 0.1) is 10.1 Å². The van der Waals surface area contributed by atoms with Gasteiger partial charge in [0.05, 0.1) is 15.5 Å². The number of nitrogens with one attached hydrogen (secondary N) is 1. The van der Waals surface area contributed by atoms with Gasteiger partial charge < -0.3 is 5.43 Å². The maximum absolute atomic E-state index is 10.8. The second-order valence-corrected chi connectivity index (χ2v) is 5.21. The zero-order valence-electron chi connectivity index (χ0n) is 9.41. The molecular formula is C10H8BrN5O2S. The van der Waals surface area contributed by atoms with E-state index in [2.05, 4.69) is 31.3 Å². The Kier molecular flexibility index (Phi) is 4.30. The van der Waals surface area contributed by atoms with Gasteiger partial charge in [0.15, 0.2) is 0 Å². The maximum atomic E-state index is 10.8. The zero-order valence-corrected chi connectivity index (χ0v) is 11.8. The molecule has 0 saturated carbocycles. The highest BCUT2D eigenvalue weighted by Gasteiger charge is 2.13. The summed E-state index contributed by atoms with van der Waals surface area (Å²) in [6.45, 7) is 0. The fraction of sp³-hybridized carbons (Fsp3) is 0. The van der Waals surface area contributed by atoms with Gasteiger partial charge in [-0.1, -0.05) is 0 Å². The highest BCUT2D eigenvalue weighted by atomic mass is 79.9. The van der Waals surface area contributed by atoms with E-state index in [0.29, 0.717) is 10.1 Å². The molecule has 0 atom stereocenters. The Morgan fingerprint density at radius 2 is 2.26 bits per heavy atom. The molecule has 3 N–H and O–H groups in total. The normalized spacial score (nSPS) is 10.2. The SMILES string of the molecule is NNc1cc([N+](=O)[O-])cc(Sc2ncccc2Br)n1. The molecule has 2 aromatic rings. The molecule has 0 unspecified atom stereocenters. The van der Waals surface area contributed by atoms with Crippen LogP contribution in [0.25, 0.3) is 0 Å². The van der Waals surface area contributed by atoms with Crippen LogP contribution in [0.4, 0.5) is 11.5 Å². The van der Waals surface area contributed by atoms with Crippen LogP contribution < -0.4 is 11.3 Å². The summed E-state index contributed by atoms with van der Waals surface area (Å²) in [5.74, 6) is 5.47. The second-order valence-electron chi connectivity index (χ2n) is 3.34. The Bertz CT molecular complexity index is 625. The molecule has 0 aromatic carbocycles. The molecule has 98 valence electrons. The van der Waals surface area contributed by atoms with Crippen molar-refractivity contribution >= 4 is 39.2 Å². The molecule has 2 aromatic heterocycles. The molecule has 0 aliphatic heterocycles. The van der Waals surface area contributed by atoms with Crippen LogP contribution in [-0.4, -0.2) is 14.9 Å². The number of nitro groups is 1. The largest absolute Gasteiger partial charge is 0.308 e. The lowest BCUT2D eigenvalue weighted by atomic mass is 10.4. The van der Waals surface area contributed by atoms with Crippen LogP contribution in [0.1, 0.15) is 0 Å². The smallest absolute Gasteiger partial charge is 0.275 e. The lowest BCUT2D eigenvalue weighted by molar-refractivity contribution is -0.385. The summed E-state index contributed by atoms with van der Waals surface area (Å²) in [7, 11) is 0. The number of anilines is 1. The van der Waals surface area contributed by atoms with Crippen molar-refractivity contribution in [3.8, 4) is 0 Å². The summed E-state index contributed by atoms with van der Waals surface area (Å²) in [5, 5.41) is 11.9. The Hall–Kier alpha value is -1.71. The highest BCUT2D eigenvalue weighted by Crippen LogP contribution is 2.32. The quantitative estimate of drug-likeness (QED) is 0.499. The molecule has 0 aliphatic rings. The molecule has 0 amide bonds. The van der Waals surface area contributed by atoms with Crippen LogP contribution in [0.5, 0.6) is 0 Å². The first-order chi connectivity index (χ1) is 9.10. The number of nitrogen functional groups attached to an aromatic ring is 1. The van der Waals surface area contributed by atoms with E-state index in [1.54, 1.807) is 12.3 Å². The Balaban J connectivity index is 2.37. The van der Waals surface area contributed by atoms with E-state index >= 15 is 0 Å². The van der Waals surface area contributed by atoms with Gasteiger partial charge in [-0.2, -0.15) is 0 Å². The Labute approximate surface area is 120 Å². The van der Waals surface area contributed by atoms with Crippen LogP contribution in [-0.2, 0) is 0 Å². The number of hydrogen-bond donors (Lipinski definition) is 2. The average molecular weight is 342 g/mol. The summed E-state index contributed by atoms with van der Waals surface area (Å²) in [6, 6.07) is 6.24. The molecule has 0 saturated heterocycles. The zero-order chi connectivity index (χ0) is 13.8. The molecule has 9 heteroatoms. The Morgan fingerprint density at radius 3 is 2.89 bits per heavy atom. The predicted octanol–water partition coefficient (Wildman–Crippen LogP) is 2.58. The lowest BCUT2D eigenvalue weighted by Gasteiger charge is -2.05. The third-order valence-electron chi connectivity index (χ3n) is 2.07. The van der Waals surface area contributed by atoms with Gasteiger partial charge in [-0.25, -0.2) is 15.8 Å². The van der Waals surface area contributed by atoms with Gasteiger partial charge in [0, 0.05) is 12.3 Å². The lowest BCUT2D eigenvalue weighted by Crippen LogP contribution is -2.09. The van der Waals surface area contributed by atoms with Crippen LogP contribution in [0.15, 0.2) is 45.0 Å². The Morgan fingerprint density at radius 1 is 1.47 bits per heavy atom. The third-order valence-corrected chi connectivity index (χ3v) is 3.91. The van der Waals surface area contributed by atoms with Gasteiger partial charge in [0.1, 0.15) is 15.9 Å². The summed E-state index contributed by atoms with van der Waals surface area (Å²) >= 11 is 4.56. The van der Waals surface area contributed by atoms with Crippen molar-refractivity contribution in [1.82, 2.24) is 9.97 Å². The van der Waals surface area contributed by atoms with E-state index in [-0.39, 0.29) is 11.5 Å². The molecule has 0 aliphatic carbocycles. The number of nitrogens with zero attached hydrogens (tertiary/aromatic N) is 3. The number of hydrogen-bond acceptors (Lipinski definition) is 7. The van der Waals surface area contributed by atoms with Gasteiger partial charge in [-0.3, -0.25) is 10.1 Å². The standard InChI is InChI=1S/C10H8BrN5O2S/c11-7-2-1-3-13-10(7)19-9-5-6(16(17)18)4-8(14-9)15-12/h1-5H,12H2,(H,14,15). The summed E-state index contributed by atoms with van der Waals surface area (Å²) in [5.41, 5.74) is 2.22. The fourth-order valence-corrected chi connectivity index (χ4v) is 2.57. The van der Waals surface area contributed by atoms with Gasteiger partial charge >= 0.3 is 0 Å². The van der Waals surface area contributed by atoms with Crippen molar-refractivity contribution in [1.29, 1.82) is 0 Å². The molecule has 7 nitrogen and oxygen atoms in total. The molecular weight excluding hydrogens is 334 g/mol. The number of hydrazine groups is 1. The molecule has 0 radical (unpaired) electrons. The maximum Gasteiger partial charge on any atom is 0.275 e. The molecule has 2 rings (SSSR count). The molecule has 2 heterocycles. The minimum Gasteiger partial charge on any atom is -0.308 e. The molecule has 0 fully saturated rings. The van der Waals surface area contributed by atoms with E-state index in [4.69, 9.17) is 5.84 Å². The van der Waals surface area contributed by atoms with Crippen molar-refractivity contribution in [2.45, 2.75) is 10.1 Å². The first kappa shape index (κ1) is 13.7. The topological polar surface area (TPSA) is 107 Å². The average Bonchev–Trinajstić information content (AvgIpc) is 2.41. The van der Waals surface area contributed by atoms with E-state index in [1.807, 2.05) is 6.07 Å². The van der Waals surface area contributed by atoms with Gasteiger partial charge in [0.25, 0.3) is 5.69 Å². The molecule has 0 spiro atoms. The van der Waals surface area contributed by atoms with Gasteiger partial charge in [-0.05, 0) is 39.8 Å². The van der Waals surface area contributed by atoms with Gasteiger partial charge in [-0.15, -0.1) is 0 Å². The van der Waals surface area contributed by atoms with E-state index < -0.39 is 4.92 Å². The highest BCUT2D eigenvalue weighted by molar-refractivity contribution is 9.10. The summed E-state index contributed by atoms with van der Waals surface area (Å²) in [6.07, 6.45) is 1.63. The van der Waals surface area contributed by atoms with E-state index in [0.717, 1.165) is 4.47 Å². The number of pyridine rings is 2. The minimum atomic E-state index is -0.500. The van der Waals surface area contributed by atoms with Gasteiger partial charge in [0.2, 0.25) is 0 Å². The van der Waals surface area contributed by atoms with Crippen LogP contribution in [0.3, 0.4) is 0 Å². The first-order valence-electron chi connectivity index (χ1n) is 5.01. The fourth-order valence-electron chi connectivity index (χ4n) is 1.27. The molecule has 19 heavy (non-hydrogen) atoms. The minimum absolute atomic E-state index is 0.0856. The van der Waals surface area contributed by atoms with E-state index in [1.165, 1.54) is 23.9 Å². The number of halogens is 1. The monoisotopic (exact) mass is 341 g/mol. The second kappa shape index (κ2) is 5.95. The summed E-state index contributed by atoms with van der Waals surface area (Å²) in [4.78, 5) is 18.6. The van der Waals surface area contributed by atoms with Crippen molar-refractivity contribution < 1.29 is 4.92 Å². The van der Waals surface area contributed by atoms with Crippen LogP contribution >= 0.6 is 27.7 Å². The van der Waals surface area contributed by atoms with Crippen LogP contribution in [0.2, 0.25) is 0 Å². The van der Waals surface area contributed by atoms with Crippen molar-refractivity contribution in [3.05, 3.63) is 45.0 Å². The summed E-state index contributed by atoms with van der Waals surface area (Å²) < 4.78 is 0.788. The van der Waals surface area contributed by atoms with E-state index in [9.17, 15) is 10.1 Å². The van der Waals surface area contributed by atoms with Crippen molar-refractivity contribution in [2.75, 3.05) is 5.43 Å². The number of aromatic nitrogens is 2. The van der Waals surface area contributed by atoms with Crippen molar-refractivity contribution in [2.24, 2.45) is 5.84 Å². The third kappa shape index (κ3) is 3.40. The predicted molar refractivity (Wildman–Crippen MR) is 74.8 cm³/mol. The number of nitrogens with two attached hydrogens (primary N) is 1.